The summed E-state index contributed by atoms with van der Waals surface area (Å²) in [6.45, 7) is 2.24. The van der Waals surface area contributed by atoms with Gasteiger partial charge in [-0.3, -0.25) is 4.79 Å². The van der Waals surface area contributed by atoms with Gasteiger partial charge in [-0.1, -0.05) is 30.3 Å². The predicted molar refractivity (Wildman–Crippen MR) is 59.6 cm³/mol. The molecule has 0 aliphatic carbocycles. The van der Waals surface area contributed by atoms with E-state index in [9.17, 15) is 4.79 Å². The maximum absolute atomic E-state index is 11.5. The minimum Gasteiger partial charge on any atom is -0.465 e. The second kappa shape index (κ2) is 6.19. The molecule has 0 aliphatic heterocycles. The molecule has 0 amide bonds. The Morgan fingerprint density at radius 1 is 1.40 bits per heavy atom. The first-order chi connectivity index (χ1) is 7.27. The molecular weight excluding hydrogens is 190 g/mol. The molecule has 1 rings (SSSR count). The van der Waals surface area contributed by atoms with Crippen molar-refractivity contribution in [2.75, 3.05) is 13.7 Å². The van der Waals surface area contributed by atoms with Crippen molar-refractivity contribution in [2.45, 2.75) is 19.4 Å². The second-order valence-corrected chi connectivity index (χ2v) is 3.28. The maximum Gasteiger partial charge on any atom is 0.323 e. The largest absolute Gasteiger partial charge is 0.465 e. The van der Waals surface area contributed by atoms with Crippen molar-refractivity contribution < 1.29 is 9.53 Å². The molecule has 15 heavy (non-hydrogen) atoms. The van der Waals surface area contributed by atoms with E-state index in [2.05, 4.69) is 5.32 Å². The highest BCUT2D eigenvalue weighted by Crippen LogP contribution is 2.04. The van der Waals surface area contributed by atoms with Crippen LogP contribution in [0.4, 0.5) is 0 Å². The Labute approximate surface area is 90.4 Å². The normalized spacial score (nSPS) is 12.1. The van der Waals surface area contributed by atoms with E-state index < -0.39 is 0 Å². The highest BCUT2D eigenvalue weighted by atomic mass is 16.5. The summed E-state index contributed by atoms with van der Waals surface area (Å²) in [4.78, 5) is 11.5. The Bertz CT molecular complexity index is 298. The number of carbonyl (C=O) groups is 1. The second-order valence-electron chi connectivity index (χ2n) is 3.28. The van der Waals surface area contributed by atoms with Crippen LogP contribution in [0.5, 0.6) is 0 Å². The molecule has 0 aliphatic rings. The van der Waals surface area contributed by atoms with E-state index in [0.29, 0.717) is 13.0 Å². The molecule has 1 atom stereocenters. The highest BCUT2D eigenvalue weighted by Gasteiger charge is 2.17. The molecule has 0 saturated carbocycles. The van der Waals surface area contributed by atoms with Gasteiger partial charge in [0.15, 0.2) is 0 Å². The van der Waals surface area contributed by atoms with Gasteiger partial charge < -0.3 is 10.1 Å². The van der Waals surface area contributed by atoms with Gasteiger partial charge in [-0.2, -0.15) is 0 Å². The molecule has 1 aromatic carbocycles. The van der Waals surface area contributed by atoms with E-state index in [1.54, 1.807) is 7.05 Å². The van der Waals surface area contributed by atoms with E-state index in [0.717, 1.165) is 5.56 Å². The SMILES string of the molecule is CCOC(=O)C(Cc1ccccc1)NC. The topological polar surface area (TPSA) is 38.3 Å². The number of nitrogens with one attached hydrogen (secondary N) is 1. The standard InChI is InChI=1S/C12H17NO2/c1-3-15-12(14)11(13-2)9-10-7-5-4-6-8-10/h4-8,11,13H,3,9H2,1-2H3. The van der Waals surface area contributed by atoms with Gasteiger partial charge in [-0.25, -0.2) is 0 Å². The molecule has 0 bridgehead atoms. The van der Waals surface area contributed by atoms with E-state index in [1.165, 1.54) is 0 Å². The van der Waals surface area contributed by atoms with Crippen LogP contribution in [0.15, 0.2) is 30.3 Å². The summed E-state index contributed by atoms with van der Waals surface area (Å²) in [6.07, 6.45) is 0.663. The monoisotopic (exact) mass is 207 g/mol. The Balaban J connectivity index is 2.58. The molecule has 0 spiro atoms. The number of carbonyl (C=O) groups excluding carboxylic acids is 1. The molecule has 1 aromatic rings. The van der Waals surface area contributed by atoms with Crippen molar-refractivity contribution in [3.63, 3.8) is 0 Å². The summed E-state index contributed by atoms with van der Waals surface area (Å²) in [6, 6.07) is 9.64. The van der Waals surface area contributed by atoms with Crippen LogP contribution < -0.4 is 5.32 Å². The molecule has 3 heteroatoms. The lowest BCUT2D eigenvalue weighted by Gasteiger charge is -2.14. The zero-order chi connectivity index (χ0) is 11.1. The first kappa shape index (κ1) is 11.7. The van der Waals surface area contributed by atoms with Gasteiger partial charge in [0.1, 0.15) is 6.04 Å². The van der Waals surface area contributed by atoms with Gasteiger partial charge in [0.2, 0.25) is 0 Å². The minimum atomic E-state index is -0.257. The van der Waals surface area contributed by atoms with Crippen LogP contribution in [0.1, 0.15) is 12.5 Å². The van der Waals surface area contributed by atoms with Crippen molar-refractivity contribution in [3.8, 4) is 0 Å². The van der Waals surface area contributed by atoms with Crippen LogP contribution in [0.2, 0.25) is 0 Å². The lowest BCUT2D eigenvalue weighted by atomic mass is 10.1. The number of hydrogen-bond acceptors (Lipinski definition) is 3. The summed E-state index contributed by atoms with van der Waals surface area (Å²) >= 11 is 0. The Kier molecular flexibility index (Phi) is 4.84. The molecule has 1 N–H and O–H groups in total. The summed E-state index contributed by atoms with van der Waals surface area (Å²) in [7, 11) is 1.77. The van der Waals surface area contributed by atoms with Crippen molar-refractivity contribution in [3.05, 3.63) is 35.9 Å². The van der Waals surface area contributed by atoms with Crippen molar-refractivity contribution in [1.29, 1.82) is 0 Å². The lowest BCUT2D eigenvalue weighted by molar-refractivity contribution is -0.145. The lowest BCUT2D eigenvalue weighted by Crippen LogP contribution is -2.37. The van der Waals surface area contributed by atoms with Crippen molar-refractivity contribution in [2.24, 2.45) is 0 Å². The fourth-order valence-corrected chi connectivity index (χ4v) is 1.40. The maximum atomic E-state index is 11.5. The third kappa shape index (κ3) is 3.72. The van der Waals surface area contributed by atoms with Crippen LogP contribution in [0.25, 0.3) is 0 Å². The first-order valence-electron chi connectivity index (χ1n) is 5.15. The molecule has 3 nitrogen and oxygen atoms in total. The van der Waals surface area contributed by atoms with Crippen LogP contribution in [0, 0.1) is 0 Å². The Morgan fingerprint density at radius 3 is 2.60 bits per heavy atom. The summed E-state index contributed by atoms with van der Waals surface area (Å²) < 4.78 is 4.97. The molecule has 0 aromatic heterocycles. The average molecular weight is 207 g/mol. The average Bonchev–Trinajstić information content (AvgIpc) is 2.27. The van der Waals surface area contributed by atoms with Gasteiger partial charge in [-0.05, 0) is 26.0 Å². The number of likely N-dealkylation sites (N-methyl/N-ethyl adjacent to an activating group) is 1. The Morgan fingerprint density at radius 2 is 2.07 bits per heavy atom. The van der Waals surface area contributed by atoms with Gasteiger partial charge in [0.25, 0.3) is 0 Å². The van der Waals surface area contributed by atoms with Crippen LogP contribution in [-0.4, -0.2) is 25.7 Å². The molecule has 0 fully saturated rings. The van der Waals surface area contributed by atoms with Crippen LogP contribution in [-0.2, 0) is 16.0 Å². The number of ether oxygens (including phenoxy) is 1. The zero-order valence-corrected chi connectivity index (χ0v) is 9.19. The summed E-state index contributed by atoms with van der Waals surface area (Å²) in [5.74, 6) is -0.191. The summed E-state index contributed by atoms with van der Waals surface area (Å²) in [5.41, 5.74) is 1.13. The number of esters is 1. The van der Waals surface area contributed by atoms with Gasteiger partial charge in [0.05, 0.1) is 6.61 Å². The minimum absolute atomic E-state index is 0.191. The van der Waals surface area contributed by atoms with Crippen LogP contribution in [0.3, 0.4) is 0 Å². The molecule has 0 saturated heterocycles. The van der Waals surface area contributed by atoms with Gasteiger partial charge in [0, 0.05) is 0 Å². The van der Waals surface area contributed by atoms with Gasteiger partial charge >= 0.3 is 5.97 Å². The number of rotatable bonds is 5. The fraction of sp³-hybridized carbons (Fsp3) is 0.417. The van der Waals surface area contributed by atoms with Crippen LogP contribution >= 0.6 is 0 Å². The van der Waals surface area contributed by atoms with E-state index in [-0.39, 0.29) is 12.0 Å². The molecule has 1 unspecified atom stereocenters. The molecule has 82 valence electrons. The van der Waals surface area contributed by atoms with Crippen molar-refractivity contribution in [1.82, 2.24) is 5.32 Å². The predicted octanol–water partition coefficient (Wildman–Crippen LogP) is 1.38. The third-order valence-corrected chi connectivity index (χ3v) is 2.20. The zero-order valence-electron chi connectivity index (χ0n) is 9.19. The number of benzene rings is 1. The Hall–Kier alpha value is -1.35. The number of hydrogen-bond donors (Lipinski definition) is 1. The fourth-order valence-electron chi connectivity index (χ4n) is 1.40. The molecule has 0 radical (unpaired) electrons. The highest BCUT2D eigenvalue weighted by molar-refractivity contribution is 5.76. The van der Waals surface area contributed by atoms with Gasteiger partial charge in [-0.15, -0.1) is 0 Å². The molecular formula is C12H17NO2. The van der Waals surface area contributed by atoms with E-state index in [1.807, 2.05) is 37.3 Å². The van der Waals surface area contributed by atoms with E-state index in [4.69, 9.17) is 4.74 Å². The smallest absolute Gasteiger partial charge is 0.323 e. The summed E-state index contributed by atoms with van der Waals surface area (Å²) in [5, 5.41) is 2.96. The molecule has 0 heterocycles. The van der Waals surface area contributed by atoms with Crippen molar-refractivity contribution >= 4 is 5.97 Å². The third-order valence-electron chi connectivity index (χ3n) is 2.20. The first-order valence-corrected chi connectivity index (χ1v) is 5.15. The van der Waals surface area contributed by atoms with E-state index >= 15 is 0 Å². The quantitative estimate of drug-likeness (QED) is 0.741.